The van der Waals surface area contributed by atoms with Crippen LogP contribution in [0, 0.1) is 0 Å². The molecule has 2 aromatic heterocycles. The molecule has 120 valence electrons. The molecule has 1 aliphatic heterocycles. The Labute approximate surface area is 128 Å². The summed E-state index contributed by atoms with van der Waals surface area (Å²) in [7, 11) is -3.53. The van der Waals surface area contributed by atoms with Gasteiger partial charge in [-0.3, -0.25) is 0 Å². The summed E-state index contributed by atoms with van der Waals surface area (Å²) in [6.45, 7) is 5.47. The van der Waals surface area contributed by atoms with Crippen LogP contribution < -0.4 is 0 Å². The molecule has 22 heavy (non-hydrogen) atoms. The Kier molecular flexibility index (Phi) is 4.02. The number of sulfonamides is 1. The fourth-order valence-electron chi connectivity index (χ4n) is 2.16. The van der Waals surface area contributed by atoms with Gasteiger partial charge in [0.1, 0.15) is 10.6 Å². The third-order valence-corrected chi connectivity index (χ3v) is 5.33. The molecule has 0 aromatic carbocycles. The highest BCUT2D eigenvalue weighted by Crippen LogP contribution is 2.24. The van der Waals surface area contributed by atoms with Crippen LogP contribution in [0.5, 0.6) is 0 Å². The van der Waals surface area contributed by atoms with Gasteiger partial charge in [0.15, 0.2) is 5.82 Å². The topological polar surface area (TPSA) is 101 Å². The summed E-state index contributed by atoms with van der Waals surface area (Å²) >= 11 is 0. The second-order valence-corrected chi connectivity index (χ2v) is 7.32. The van der Waals surface area contributed by atoms with E-state index in [-0.39, 0.29) is 16.7 Å². The minimum Gasteiger partial charge on any atom is -0.379 e. The predicted molar refractivity (Wildman–Crippen MR) is 77.8 cm³/mol. The van der Waals surface area contributed by atoms with Crippen molar-refractivity contribution in [1.82, 2.24) is 19.4 Å². The molecule has 1 N–H and O–H groups in total. The van der Waals surface area contributed by atoms with Crippen molar-refractivity contribution in [3.05, 3.63) is 18.1 Å². The maximum absolute atomic E-state index is 12.5. The van der Waals surface area contributed by atoms with E-state index in [1.807, 2.05) is 13.8 Å². The molecule has 9 heteroatoms. The standard InChI is InChI=1S/C13H18N4O4S/c1-9(2)12-15-13(21-16-12)11-7-10(8-14-11)22(18,19)17-3-5-20-6-4-17/h7-9,14H,3-6H2,1-2H3. The Bertz CT molecular complexity index is 744. The molecule has 0 spiro atoms. The molecule has 0 atom stereocenters. The maximum atomic E-state index is 12.5. The van der Waals surface area contributed by atoms with Crippen LogP contribution in [-0.2, 0) is 14.8 Å². The molecule has 0 aliphatic carbocycles. The first-order valence-corrected chi connectivity index (χ1v) is 8.53. The third kappa shape index (κ3) is 2.79. The van der Waals surface area contributed by atoms with Gasteiger partial charge < -0.3 is 14.2 Å². The number of H-pyrrole nitrogens is 1. The Morgan fingerprint density at radius 3 is 2.68 bits per heavy atom. The molecule has 2 aromatic rings. The highest BCUT2D eigenvalue weighted by atomic mass is 32.2. The number of hydrogen-bond donors (Lipinski definition) is 1. The van der Waals surface area contributed by atoms with Crippen LogP contribution in [0.25, 0.3) is 11.6 Å². The second-order valence-electron chi connectivity index (χ2n) is 5.38. The molecule has 0 radical (unpaired) electrons. The summed E-state index contributed by atoms with van der Waals surface area (Å²) < 4.78 is 36.8. The molecule has 3 heterocycles. The zero-order valence-electron chi connectivity index (χ0n) is 12.4. The predicted octanol–water partition coefficient (Wildman–Crippen LogP) is 1.21. The highest BCUT2D eigenvalue weighted by molar-refractivity contribution is 7.89. The molecule has 1 saturated heterocycles. The monoisotopic (exact) mass is 326 g/mol. The molecule has 3 rings (SSSR count). The fraction of sp³-hybridized carbons (Fsp3) is 0.538. The minimum atomic E-state index is -3.53. The maximum Gasteiger partial charge on any atom is 0.274 e. The molecule has 0 amide bonds. The molecule has 0 unspecified atom stereocenters. The first-order valence-electron chi connectivity index (χ1n) is 7.09. The summed E-state index contributed by atoms with van der Waals surface area (Å²) in [5, 5.41) is 3.87. The number of aromatic nitrogens is 3. The normalized spacial score (nSPS) is 17.2. The average Bonchev–Trinajstić information content (AvgIpc) is 3.17. The Morgan fingerprint density at radius 1 is 1.32 bits per heavy atom. The van der Waals surface area contributed by atoms with Gasteiger partial charge in [0.05, 0.1) is 13.2 Å². The van der Waals surface area contributed by atoms with Crippen LogP contribution >= 0.6 is 0 Å². The number of nitrogens with one attached hydrogen (secondary N) is 1. The van der Waals surface area contributed by atoms with Crippen molar-refractivity contribution >= 4 is 10.0 Å². The van der Waals surface area contributed by atoms with E-state index in [0.29, 0.717) is 37.8 Å². The van der Waals surface area contributed by atoms with Gasteiger partial charge in [0.25, 0.3) is 5.89 Å². The van der Waals surface area contributed by atoms with Crippen LogP contribution in [0.4, 0.5) is 0 Å². The largest absolute Gasteiger partial charge is 0.379 e. The number of nitrogens with zero attached hydrogens (tertiary/aromatic N) is 3. The smallest absolute Gasteiger partial charge is 0.274 e. The summed E-state index contributed by atoms with van der Waals surface area (Å²) in [6, 6.07) is 1.52. The highest BCUT2D eigenvalue weighted by Gasteiger charge is 2.28. The number of aromatic amines is 1. The van der Waals surface area contributed by atoms with Crippen LogP contribution in [0.15, 0.2) is 21.7 Å². The molecule has 1 fully saturated rings. The van der Waals surface area contributed by atoms with Crippen molar-refractivity contribution in [2.45, 2.75) is 24.7 Å². The lowest BCUT2D eigenvalue weighted by atomic mass is 10.2. The zero-order chi connectivity index (χ0) is 15.7. The van der Waals surface area contributed by atoms with E-state index in [1.165, 1.54) is 16.6 Å². The molecule has 0 saturated carbocycles. The fourth-order valence-corrected chi connectivity index (χ4v) is 3.56. The molecule has 8 nitrogen and oxygen atoms in total. The average molecular weight is 326 g/mol. The van der Waals surface area contributed by atoms with E-state index in [0.717, 1.165) is 0 Å². The number of ether oxygens (including phenoxy) is 1. The van der Waals surface area contributed by atoms with Crippen molar-refractivity contribution in [2.75, 3.05) is 26.3 Å². The van der Waals surface area contributed by atoms with Crippen LogP contribution in [0.2, 0.25) is 0 Å². The van der Waals surface area contributed by atoms with Gasteiger partial charge in [-0.05, 0) is 6.07 Å². The minimum absolute atomic E-state index is 0.143. The van der Waals surface area contributed by atoms with Crippen LogP contribution in [0.1, 0.15) is 25.6 Å². The first-order chi connectivity index (χ1) is 10.5. The van der Waals surface area contributed by atoms with E-state index in [1.54, 1.807) is 0 Å². The molecular formula is C13H18N4O4S. The van der Waals surface area contributed by atoms with E-state index in [2.05, 4.69) is 15.1 Å². The molecule has 0 bridgehead atoms. The second kappa shape index (κ2) is 5.82. The van der Waals surface area contributed by atoms with Gasteiger partial charge in [-0.1, -0.05) is 19.0 Å². The molecule has 1 aliphatic rings. The van der Waals surface area contributed by atoms with Gasteiger partial charge in [-0.25, -0.2) is 8.42 Å². The third-order valence-electron chi connectivity index (χ3n) is 3.45. The van der Waals surface area contributed by atoms with Crippen molar-refractivity contribution < 1.29 is 17.7 Å². The van der Waals surface area contributed by atoms with Crippen molar-refractivity contribution in [1.29, 1.82) is 0 Å². The number of morpholine rings is 1. The van der Waals surface area contributed by atoms with Gasteiger partial charge >= 0.3 is 0 Å². The lowest BCUT2D eigenvalue weighted by molar-refractivity contribution is 0.0730. The lowest BCUT2D eigenvalue weighted by Crippen LogP contribution is -2.40. The summed E-state index contributed by atoms with van der Waals surface area (Å²) in [5.41, 5.74) is 0.492. The van der Waals surface area contributed by atoms with Gasteiger partial charge in [0.2, 0.25) is 10.0 Å². The SMILES string of the molecule is CC(C)c1noc(-c2cc(S(=O)(=O)N3CCOCC3)c[nH]2)n1. The summed E-state index contributed by atoms with van der Waals surface area (Å²) in [6.07, 6.45) is 1.44. The van der Waals surface area contributed by atoms with Gasteiger partial charge in [-0.2, -0.15) is 9.29 Å². The quantitative estimate of drug-likeness (QED) is 0.906. The van der Waals surface area contributed by atoms with Gasteiger partial charge in [0, 0.05) is 25.2 Å². The number of hydrogen-bond acceptors (Lipinski definition) is 6. The Hall–Kier alpha value is -1.71. The first kappa shape index (κ1) is 15.2. The van der Waals surface area contributed by atoms with E-state index in [9.17, 15) is 8.42 Å². The van der Waals surface area contributed by atoms with E-state index < -0.39 is 10.0 Å². The summed E-state index contributed by atoms with van der Waals surface area (Å²) in [4.78, 5) is 7.33. The Morgan fingerprint density at radius 2 is 2.05 bits per heavy atom. The molecular weight excluding hydrogens is 308 g/mol. The Balaban J connectivity index is 1.86. The van der Waals surface area contributed by atoms with E-state index >= 15 is 0 Å². The van der Waals surface area contributed by atoms with E-state index in [4.69, 9.17) is 9.26 Å². The van der Waals surface area contributed by atoms with Crippen LogP contribution in [-0.4, -0.2) is 54.2 Å². The van der Waals surface area contributed by atoms with Crippen molar-refractivity contribution in [3.8, 4) is 11.6 Å². The van der Waals surface area contributed by atoms with Crippen molar-refractivity contribution in [2.24, 2.45) is 0 Å². The van der Waals surface area contributed by atoms with Crippen molar-refractivity contribution in [3.63, 3.8) is 0 Å². The zero-order valence-corrected chi connectivity index (χ0v) is 13.3. The lowest BCUT2D eigenvalue weighted by Gasteiger charge is -2.25. The number of rotatable bonds is 4. The van der Waals surface area contributed by atoms with Gasteiger partial charge in [-0.15, -0.1) is 0 Å². The summed E-state index contributed by atoms with van der Waals surface area (Å²) in [5.74, 6) is 1.01. The van der Waals surface area contributed by atoms with Crippen LogP contribution in [0.3, 0.4) is 0 Å².